The Morgan fingerprint density at radius 1 is 0.979 bits per heavy atom. The molecule has 3 rings (SSSR count). The number of para-hydroxylation sites is 1. The molecule has 0 saturated heterocycles. The van der Waals surface area contributed by atoms with Crippen LogP contribution < -0.4 is 15.8 Å². The van der Waals surface area contributed by atoms with Crippen LogP contribution in [0.25, 0.3) is 0 Å². The molecule has 2 amide bonds. The second-order valence-electron chi connectivity index (χ2n) is 14.4. The van der Waals surface area contributed by atoms with Crippen LogP contribution in [-0.4, -0.2) is 89.1 Å². The molecule has 48 heavy (non-hydrogen) atoms. The van der Waals surface area contributed by atoms with Crippen molar-refractivity contribution in [3.63, 3.8) is 0 Å². The third kappa shape index (κ3) is 11.4. The zero-order chi connectivity index (χ0) is 35.4. The molecule has 0 spiro atoms. The van der Waals surface area contributed by atoms with Crippen molar-refractivity contribution in [3.8, 4) is 5.75 Å². The van der Waals surface area contributed by atoms with E-state index in [2.05, 4.69) is 5.32 Å². The van der Waals surface area contributed by atoms with E-state index in [0.717, 1.165) is 51.4 Å². The van der Waals surface area contributed by atoms with Gasteiger partial charge in [0.2, 0.25) is 0 Å². The van der Waals surface area contributed by atoms with Crippen molar-refractivity contribution in [3.05, 3.63) is 29.8 Å². The standard InChI is InChI=1S/C36H57N3O9/c1-36(2,3)48-35(45)38-27(20-23-14-8-6-9-15-23)28(40)22-25(21-24-16-12-13-19-29(24)46-4)31(41)30(34(43)44)39(33(47-5)32(37)42)26-17-10-7-11-18-26/h12-13,16,19,23,25-28,30,33,40H,6-11,14-15,17-18,20-22H2,1-5H3,(H2,37,42)(H,38,45)(H,43,44)/t25?,27-,28-,30?,33+/m0/s1. The minimum Gasteiger partial charge on any atom is -0.496 e. The summed E-state index contributed by atoms with van der Waals surface area (Å²) in [5.74, 6) is -3.27. The summed E-state index contributed by atoms with van der Waals surface area (Å²) in [4.78, 5) is 54.7. The van der Waals surface area contributed by atoms with Gasteiger partial charge in [0.15, 0.2) is 18.1 Å². The molecular weight excluding hydrogens is 618 g/mol. The van der Waals surface area contributed by atoms with Crippen LogP contribution in [0.15, 0.2) is 24.3 Å². The van der Waals surface area contributed by atoms with Gasteiger partial charge >= 0.3 is 12.1 Å². The monoisotopic (exact) mass is 675 g/mol. The number of aliphatic hydroxyl groups excluding tert-OH is 1. The van der Waals surface area contributed by atoms with E-state index in [9.17, 15) is 29.4 Å². The number of carbonyl (C=O) groups excluding carboxylic acids is 3. The van der Waals surface area contributed by atoms with Gasteiger partial charge in [0.1, 0.15) is 11.4 Å². The average molecular weight is 676 g/mol. The first kappa shape index (κ1) is 39.2. The van der Waals surface area contributed by atoms with Crippen LogP contribution in [0.5, 0.6) is 5.75 Å². The predicted octanol–water partition coefficient (Wildman–Crippen LogP) is 4.58. The predicted molar refractivity (Wildman–Crippen MR) is 180 cm³/mol. The lowest BCUT2D eigenvalue weighted by Crippen LogP contribution is -2.61. The Labute approximate surface area is 285 Å². The van der Waals surface area contributed by atoms with Crippen LogP contribution in [0.3, 0.4) is 0 Å². The Morgan fingerprint density at radius 3 is 2.12 bits per heavy atom. The fourth-order valence-corrected chi connectivity index (χ4v) is 7.37. The summed E-state index contributed by atoms with van der Waals surface area (Å²) in [7, 11) is 2.78. The molecule has 0 radical (unpaired) electrons. The SMILES string of the molecule is COc1ccccc1CC(C[C@H](O)[C@H](CC1CCCCC1)NC(=O)OC(C)(C)C)C(=O)C(C(=O)O)N(C1CCCCC1)[C@H](OC)C(N)=O. The molecule has 12 nitrogen and oxygen atoms in total. The molecule has 2 fully saturated rings. The highest BCUT2D eigenvalue weighted by Crippen LogP contribution is 2.33. The largest absolute Gasteiger partial charge is 0.496 e. The van der Waals surface area contributed by atoms with Gasteiger partial charge in [-0.25, -0.2) is 9.69 Å². The van der Waals surface area contributed by atoms with Crippen LogP contribution in [0.1, 0.15) is 103 Å². The molecule has 0 aliphatic heterocycles. The smallest absolute Gasteiger partial charge is 0.407 e. The van der Waals surface area contributed by atoms with Gasteiger partial charge in [-0.3, -0.25) is 14.4 Å². The van der Waals surface area contributed by atoms with Crippen LogP contribution >= 0.6 is 0 Å². The Balaban J connectivity index is 2.03. The molecule has 12 heteroatoms. The van der Waals surface area contributed by atoms with Crippen molar-refractivity contribution in [2.75, 3.05) is 14.2 Å². The average Bonchev–Trinajstić information content (AvgIpc) is 3.03. The summed E-state index contributed by atoms with van der Waals surface area (Å²) in [5, 5.41) is 25.4. The van der Waals surface area contributed by atoms with Gasteiger partial charge in [-0.15, -0.1) is 0 Å². The second-order valence-corrected chi connectivity index (χ2v) is 14.4. The Kier molecular flexibility index (Phi) is 15.1. The van der Waals surface area contributed by atoms with Crippen molar-refractivity contribution in [2.45, 2.75) is 140 Å². The van der Waals surface area contributed by atoms with Crippen molar-refractivity contribution in [1.29, 1.82) is 0 Å². The fourth-order valence-electron chi connectivity index (χ4n) is 7.37. The first-order chi connectivity index (χ1) is 22.7. The number of methoxy groups -OCH3 is 2. The van der Waals surface area contributed by atoms with Crippen LogP contribution in [0, 0.1) is 11.8 Å². The maximum Gasteiger partial charge on any atom is 0.407 e. The summed E-state index contributed by atoms with van der Waals surface area (Å²) in [6.45, 7) is 5.26. The maximum atomic E-state index is 14.7. The van der Waals surface area contributed by atoms with Crippen LogP contribution in [0.2, 0.25) is 0 Å². The van der Waals surface area contributed by atoms with E-state index < -0.39 is 65.7 Å². The van der Waals surface area contributed by atoms with E-state index in [1.54, 1.807) is 45.0 Å². The first-order valence-corrected chi connectivity index (χ1v) is 17.4. The zero-order valence-electron chi connectivity index (χ0n) is 29.3. The number of carbonyl (C=O) groups is 4. The molecule has 1 aromatic carbocycles. The number of carboxylic acids is 1. The van der Waals surface area contributed by atoms with Crippen molar-refractivity contribution >= 4 is 23.8 Å². The number of ether oxygens (including phenoxy) is 3. The number of rotatable bonds is 17. The van der Waals surface area contributed by atoms with E-state index >= 15 is 0 Å². The highest BCUT2D eigenvalue weighted by atomic mass is 16.6. The molecule has 2 unspecified atom stereocenters. The number of carboxylic acid groups (broad SMARTS) is 1. The number of nitrogens with zero attached hydrogens (tertiary/aromatic N) is 1. The Bertz CT molecular complexity index is 1210. The minimum atomic E-state index is -1.77. The molecule has 0 bridgehead atoms. The summed E-state index contributed by atoms with van der Waals surface area (Å²) >= 11 is 0. The maximum absolute atomic E-state index is 14.7. The van der Waals surface area contributed by atoms with E-state index in [4.69, 9.17) is 19.9 Å². The number of nitrogens with two attached hydrogens (primary N) is 1. The van der Waals surface area contributed by atoms with Crippen molar-refractivity contribution in [1.82, 2.24) is 10.2 Å². The number of alkyl carbamates (subject to hydrolysis) is 1. The van der Waals surface area contributed by atoms with Crippen LogP contribution in [-0.2, 0) is 30.3 Å². The third-order valence-corrected chi connectivity index (χ3v) is 9.60. The molecule has 5 atom stereocenters. The lowest BCUT2D eigenvalue weighted by atomic mass is 9.80. The zero-order valence-corrected chi connectivity index (χ0v) is 29.3. The quantitative estimate of drug-likeness (QED) is 0.135. The molecule has 0 heterocycles. The fraction of sp³-hybridized carbons (Fsp3) is 0.722. The molecule has 0 aromatic heterocycles. The highest BCUT2D eigenvalue weighted by molar-refractivity contribution is 6.04. The normalized spacial score (nSPS) is 19.5. The van der Waals surface area contributed by atoms with Gasteiger partial charge in [0.05, 0.1) is 19.3 Å². The number of aliphatic hydroxyl groups is 1. The van der Waals surface area contributed by atoms with E-state index in [0.29, 0.717) is 30.6 Å². The van der Waals surface area contributed by atoms with Gasteiger partial charge < -0.3 is 35.5 Å². The van der Waals surface area contributed by atoms with E-state index in [1.165, 1.54) is 19.1 Å². The number of benzene rings is 1. The first-order valence-electron chi connectivity index (χ1n) is 17.4. The number of aliphatic carboxylic acids is 1. The molecule has 270 valence electrons. The lowest BCUT2D eigenvalue weighted by molar-refractivity contribution is -0.167. The topological polar surface area (TPSA) is 178 Å². The number of Topliss-reactive ketones (excluding diaryl/α,β-unsaturated/α-hetero) is 1. The third-order valence-electron chi connectivity index (χ3n) is 9.60. The van der Waals surface area contributed by atoms with E-state index in [1.807, 2.05) is 0 Å². The van der Waals surface area contributed by atoms with Gasteiger partial charge in [0.25, 0.3) is 5.91 Å². The van der Waals surface area contributed by atoms with Gasteiger partial charge in [-0.1, -0.05) is 69.6 Å². The number of ketones is 1. The van der Waals surface area contributed by atoms with Gasteiger partial charge in [-0.2, -0.15) is 0 Å². The number of amides is 2. The molecule has 2 aliphatic rings. The molecule has 2 saturated carbocycles. The van der Waals surface area contributed by atoms with Crippen molar-refractivity contribution < 1.29 is 43.6 Å². The summed E-state index contributed by atoms with van der Waals surface area (Å²) in [6, 6.07) is 4.19. The highest BCUT2D eigenvalue weighted by Gasteiger charge is 2.46. The van der Waals surface area contributed by atoms with E-state index in [-0.39, 0.29) is 18.8 Å². The second kappa shape index (κ2) is 18.5. The Morgan fingerprint density at radius 2 is 1.58 bits per heavy atom. The summed E-state index contributed by atoms with van der Waals surface area (Å²) < 4.78 is 16.5. The number of hydrogen-bond acceptors (Lipinski definition) is 9. The lowest BCUT2D eigenvalue weighted by Gasteiger charge is -2.41. The molecule has 2 aliphatic carbocycles. The summed E-state index contributed by atoms with van der Waals surface area (Å²) in [6.07, 6.45) is 5.97. The molecule has 5 N–H and O–H groups in total. The molecule has 1 aromatic rings. The van der Waals surface area contributed by atoms with Crippen molar-refractivity contribution in [2.24, 2.45) is 17.6 Å². The minimum absolute atomic E-state index is 0.0546. The number of nitrogens with one attached hydrogen (secondary N) is 1. The molecular formula is C36H57N3O9. The summed E-state index contributed by atoms with van der Waals surface area (Å²) in [5.41, 5.74) is 5.60. The number of hydrogen-bond donors (Lipinski definition) is 4. The van der Waals surface area contributed by atoms with Gasteiger partial charge in [-0.05, 0) is 70.4 Å². The Hall–Kier alpha value is -3.22. The van der Waals surface area contributed by atoms with Crippen LogP contribution in [0.4, 0.5) is 4.79 Å². The number of primary amides is 1. The van der Waals surface area contributed by atoms with Gasteiger partial charge in [0, 0.05) is 19.1 Å².